The highest BCUT2D eigenvalue weighted by atomic mass is 19.1. The van der Waals surface area contributed by atoms with Crippen LogP contribution in [0.15, 0.2) is 36.4 Å². The zero-order valence-corrected chi connectivity index (χ0v) is 13.8. The molecule has 0 N–H and O–H groups in total. The highest BCUT2D eigenvalue weighted by molar-refractivity contribution is 5.80. The number of piperazine rings is 1. The third-order valence-corrected chi connectivity index (χ3v) is 4.83. The summed E-state index contributed by atoms with van der Waals surface area (Å²) < 4.78 is 13.6. The van der Waals surface area contributed by atoms with Gasteiger partial charge < -0.3 is 9.80 Å². The molecule has 24 heavy (non-hydrogen) atoms. The number of hydrogen-bond acceptors (Lipinski definition) is 2. The molecule has 0 radical (unpaired) electrons. The van der Waals surface area contributed by atoms with Crippen LogP contribution >= 0.6 is 0 Å². The number of halogens is 1. The van der Waals surface area contributed by atoms with Gasteiger partial charge in [0.05, 0.1) is 6.42 Å². The first-order chi connectivity index (χ1) is 11.6. The molecule has 0 aromatic heterocycles. The van der Waals surface area contributed by atoms with Crippen molar-refractivity contribution in [2.75, 3.05) is 26.2 Å². The summed E-state index contributed by atoms with van der Waals surface area (Å²) in [6.45, 7) is 2.19. The molecule has 2 aliphatic rings. The first kappa shape index (κ1) is 16.7. The summed E-state index contributed by atoms with van der Waals surface area (Å²) in [5, 5.41) is 0. The molecule has 5 heteroatoms. The molecule has 0 bridgehead atoms. The van der Waals surface area contributed by atoms with Crippen molar-refractivity contribution >= 4 is 11.8 Å². The summed E-state index contributed by atoms with van der Waals surface area (Å²) in [6, 6.07) is 6.37. The molecular formula is C19H23FN2O2. The van der Waals surface area contributed by atoms with Crippen LogP contribution in [0.2, 0.25) is 0 Å². The van der Waals surface area contributed by atoms with Gasteiger partial charge in [0.1, 0.15) is 5.82 Å². The zero-order chi connectivity index (χ0) is 16.9. The van der Waals surface area contributed by atoms with E-state index in [1.807, 2.05) is 4.90 Å². The third-order valence-electron chi connectivity index (χ3n) is 4.83. The van der Waals surface area contributed by atoms with E-state index in [1.54, 1.807) is 23.1 Å². The predicted octanol–water partition coefficient (Wildman–Crippen LogP) is 2.40. The van der Waals surface area contributed by atoms with Gasteiger partial charge in [-0.1, -0.05) is 30.4 Å². The summed E-state index contributed by atoms with van der Waals surface area (Å²) >= 11 is 0. The first-order valence-electron chi connectivity index (χ1n) is 8.59. The Balaban J connectivity index is 1.47. The van der Waals surface area contributed by atoms with E-state index in [1.165, 1.54) is 6.07 Å². The van der Waals surface area contributed by atoms with E-state index in [0.717, 1.165) is 12.8 Å². The number of allylic oxidation sites excluding steroid dienone is 2. The summed E-state index contributed by atoms with van der Waals surface area (Å²) in [5.41, 5.74) is 0.425. The number of nitrogens with zero attached hydrogens (tertiary/aromatic N) is 2. The van der Waals surface area contributed by atoms with Crippen molar-refractivity contribution in [2.24, 2.45) is 5.92 Å². The largest absolute Gasteiger partial charge is 0.339 e. The fourth-order valence-corrected chi connectivity index (χ4v) is 3.34. The molecule has 1 atom stereocenters. The lowest BCUT2D eigenvalue weighted by molar-refractivity contribution is -0.139. The van der Waals surface area contributed by atoms with Gasteiger partial charge in [0.2, 0.25) is 11.8 Å². The van der Waals surface area contributed by atoms with Crippen molar-refractivity contribution in [1.82, 2.24) is 9.80 Å². The molecule has 2 amide bonds. The van der Waals surface area contributed by atoms with Gasteiger partial charge in [0, 0.05) is 32.6 Å². The van der Waals surface area contributed by atoms with Crippen LogP contribution < -0.4 is 0 Å². The molecule has 1 heterocycles. The van der Waals surface area contributed by atoms with Crippen molar-refractivity contribution < 1.29 is 14.0 Å². The number of carbonyl (C=O) groups excluding carboxylic acids is 2. The molecule has 128 valence electrons. The van der Waals surface area contributed by atoms with E-state index in [2.05, 4.69) is 12.2 Å². The Bertz CT molecular complexity index is 636. The SMILES string of the molecule is O=C(Cc1ccccc1F)N1CCN(C(=O)C[C@H]2C=CCC2)CC1. The van der Waals surface area contributed by atoms with Gasteiger partial charge in [0.15, 0.2) is 0 Å². The van der Waals surface area contributed by atoms with Crippen LogP contribution in [-0.2, 0) is 16.0 Å². The normalized spacial score (nSPS) is 20.5. The lowest BCUT2D eigenvalue weighted by Crippen LogP contribution is -2.51. The van der Waals surface area contributed by atoms with Gasteiger partial charge in [-0.2, -0.15) is 0 Å². The fourth-order valence-electron chi connectivity index (χ4n) is 3.34. The van der Waals surface area contributed by atoms with Gasteiger partial charge in [0.25, 0.3) is 0 Å². The van der Waals surface area contributed by atoms with Crippen LogP contribution in [0.5, 0.6) is 0 Å². The maximum atomic E-state index is 13.6. The summed E-state index contributed by atoms with van der Waals surface area (Å²) in [7, 11) is 0. The van der Waals surface area contributed by atoms with E-state index in [9.17, 15) is 14.0 Å². The monoisotopic (exact) mass is 330 g/mol. The average molecular weight is 330 g/mol. The minimum atomic E-state index is -0.343. The number of rotatable bonds is 4. The van der Waals surface area contributed by atoms with E-state index in [0.29, 0.717) is 44.1 Å². The molecule has 0 unspecified atom stereocenters. The lowest BCUT2D eigenvalue weighted by Gasteiger charge is -2.35. The predicted molar refractivity (Wildman–Crippen MR) is 89.7 cm³/mol. The van der Waals surface area contributed by atoms with Gasteiger partial charge >= 0.3 is 0 Å². The van der Waals surface area contributed by atoms with Crippen molar-refractivity contribution in [1.29, 1.82) is 0 Å². The quantitative estimate of drug-likeness (QED) is 0.796. The third kappa shape index (κ3) is 4.02. The summed E-state index contributed by atoms with van der Waals surface area (Å²) in [6.07, 6.45) is 7.04. The topological polar surface area (TPSA) is 40.6 Å². The molecule has 1 aliphatic heterocycles. The van der Waals surface area contributed by atoms with E-state index in [4.69, 9.17) is 0 Å². The lowest BCUT2D eigenvalue weighted by atomic mass is 10.0. The van der Waals surface area contributed by atoms with Gasteiger partial charge in [-0.05, 0) is 30.4 Å². The van der Waals surface area contributed by atoms with Crippen molar-refractivity contribution in [3.8, 4) is 0 Å². The minimum absolute atomic E-state index is 0.0769. The van der Waals surface area contributed by atoms with Crippen molar-refractivity contribution in [2.45, 2.75) is 25.7 Å². The van der Waals surface area contributed by atoms with Crippen LogP contribution in [-0.4, -0.2) is 47.8 Å². The second-order valence-electron chi connectivity index (χ2n) is 6.50. The summed E-state index contributed by atoms with van der Waals surface area (Å²) in [5.74, 6) is 0.126. The molecule has 1 fully saturated rings. The second kappa shape index (κ2) is 7.60. The molecule has 4 nitrogen and oxygen atoms in total. The van der Waals surface area contributed by atoms with Gasteiger partial charge in [-0.3, -0.25) is 9.59 Å². The van der Waals surface area contributed by atoms with Crippen LogP contribution in [0.4, 0.5) is 4.39 Å². The van der Waals surface area contributed by atoms with Crippen LogP contribution in [0, 0.1) is 11.7 Å². The Labute approximate surface area is 141 Å². The average Bonchev–Trinajstić information content (AvgIpc) is 3.10. The molecule has 0 spiro atoms. The fraction of sp³-hybridized carbons (Fsp3) is 0.474. The standard InChI is InChI=1S/C19H23FN2O2/c20-17-8-4-3-7-16(17)14-19(24)22-11-9-21(10-12-22)18(23)13-15-5-1-2-6-15/h1,3-5,7-8,15H,2,6,9-14H2/t15-/m0/s1. The van der Waals surface area contributed by atoms with E-state index < -0.39 is 0 Å². The van der Waals surface area contributed by atoms with Crippen molar-refractivity contribution in [3.63, 3.8) is 0 Å². The highest BCUT2D eigenvalue weighted by Gasteiger charge is 2.26. The maximum Gasteiger partial charge on any atom is 0.227 e. The Morgan fingerprint density at radius 1 is 1.04 bits per heavy atom. The van der Waals surface area contributed by atoms with Crippen LogP contribution in [0.25, 0.3) is 0 Å². The maximum absolute atomic E-state index is 13.6. The molecular weight excluding hydrogens is 307 g/mol. The molecule has 0 saturated carbocycles. The first-order valence-corrected chi connectivity index (χ1v) is 8.59. The van der Waals surface area contributed by atoms with Gasteiger partial charge in [-0.15, -0.1) is 0 Å². The summed E-state index contributed by atoms with van der Waals surface area (Å²) in [4.78, 5) is 28.2. The number of amides is 2. The molecule has 1 aliphatic carbocycles. The van der Waals surface area contributed by atoms with E-state index >= 15 is 0 Å². The van der Waals surface area contributed by atoms with Crippen LogP contribution in [0.3, 0.4) is 0 Å². The number of carbonyl (C=O) groups is 2. The zero-order valence-electron chi connectivity index (χ0n) is 13.8. The smallest absolute Gasteiger partial charge is 0.227 e. The molecule has 1 saturated heterocycles. The van der Waals surface area contributed by atoms with Crippen molar-refractivity contribution in [3.05, 3.63) is 47.8 Å². The number of hydrogen-bond donors (Lipinski definition) is 0. The minimum Gasteiger partial charge on any atom is -0.339 e. The number of benzene rings is 1. The second-order valence-corrected chi connectivity index (χ2v) is 6.50. The molecule has 1 aromatic carbocycles. The molecule has 3 rings (SSSR count). The Kier molecular flexibility index (Phi) is 5.28. The Morgan fingerprint density at radius 3 is 2.33 bits per heavy atom. The van der Waals surface area contributed by atoms with Gasteiger partial charge in [-0.25, -0.2) is 4.39 Å². The molecule has 1 aromatic rings. The van der Waals surface area contributed by atoms with E-state index in [-0.39, 0.29) is 24.1 Å². The highest BCUT2D eigenvalue weighted by Crippen LogP contribution is 2.21. The Morgan fingerprint density at radius 2 is 1.71 bits per heavy atom. The Hall–Kier alpha value is -2.17. The van der Waals surface area contributed by atoms with Crippen LogP contribution in [0.1, 0.15) is 24.8 Å².